The van der Waals surface area contributed by atoms with Crippen molar-refractivity contribution in [2.45, 2.75) is 32.7 Å². The number of aromatic nitrogens is 2. The van der Waals surface area contributed by atoms with Crippen LogP contribution in [0.4, 0.5) is 11.1 Å². The maximum atomic E-state index is 12.9. The fraction of sp³-hybridized carbons (Fsp3) is 0.368. The molecule has 1 aliphatic heterocycles. The summed E-state index contributed by atoms with van der Waals surface area (Å²) in [5.74, 6) is -0.615. The van der Waals surface area contributed by atoms with Crippen molar-refractivity contribution in [1.82, 2.24) is 9.97 Å². The molecule has 4 rings (SSSR count). The first-order valence-corrected chi connectivity index (χ1v) is 9.96. The minimum absolute atomic E-state index is 0.191. The summed E-state index contributed by atoms with van der Waals surface area (Å²) in [4.78, 5) is 35.9. The molecule has 0 bridgehead atoms. The van der Waals surface area contributed by atoms with Crippen LogP contribution in [-0.4, -0.2) is 41.0 Å². The van der Waals surface area contributed by atoms with E-state index in [1.807, 2.05) is 29.2 Å². The number of thiazole rings is 1. The SMILES string of the molecule is CCOC(=O)c1sc(NC(=O)C2CCCN2c2nc3ccccc3o2)nc1C. The molecule has 0 saturated carbocycles. The van der Waals surface area contributed by atoms with E-state index in [1.54, 1.807) is 13.8 Å². The van der Waals surface area contributed by atoms with Crippen LogP contribution in [0.2, 0.25) is 0 Å². The second kappa shape index (κ2) is 7.59. The van der Waals surface area contributed by atoms with Crippen LogP contribution in [0, 0.1) is 6.92 Å². The second-order valence-corrected chi connectivity index (χ2v) is 7.46. The molecule has 146 valence electrons. The molecular formula is C19H20N4O4S. The van der Waals surface area contributed by atoms with Gasteiger partial charge in [-0.15, -0.1) is 0 Å². The molecule has 9 heteroatoms. The maximum Gasteiger partial charge on any atom is 0.350 e. The number of ether oxygens (including phenoxy) is 1. The summed E-state index contributed by atoms with van der Waals surface area (Å²) in [5.41, 5.74) is 2.00. The van der Waals surface area contributed by atoms with Gasteiger partial charge >= 0.3 is 5.97 Å². The lowest BCUT2D eigenvalue weighted by molar-refractivity contribution is -0.117. The summed E-state index contributed by atoms with van der Waals surface area (Å²) in [6.07, 6.45) is 1.56. The molecule has 1 aromatic carbocycles. The molecular weight excluding hydrogens is 380 g/mol. The van der Waals surface area contributed by atoms with E-state index >= 15 is 0 Å². The van der Waals surface area contributed by atoms with Gasteiger partial charge in [-0.05, 0) is 38.8 Å². The third-order valence-corrected chi connectivity index (χ3v) is 5.62. The summed E-state index contributed by atoms with van der Waals surface area (Å²) in [7, 11) is 0. The van der Waals surface area contributed by atoms with Gasteiger partial charge in [0.05, 0.1) is 12.3 Å². The van der Waals surface area contributed by atoms with E-state index < -0.39 is 12.0 Å². The Kier molecular flexibility index (Phi) is 4.99. The maximum absolute atomic E-state index is 12.9. The van der Waals surface area contributed by atoms with Crippen LogP contribution in [0.15, 0.2) is 28.7 Å². The van der Waals surface area contributed by atoms with Gasteiger partial charge in [0.1, 0.15) is 16.4 Å². The Morgan fingerprint density at radius 1 is 1.36 bits per heavy atom. The number of hydrogen-bond donors (Lipinski definition) is 1. The van der Waals surface area contributed by atoms with E-state index in [9.17, 15) is 9.59 Å². The smallest absolute Gasteiger partial charge is 0.350 e. The zero-order chi connectivity index (χ0) is 19.7. The van der Waals surface area contributed by atoms with Crippen molar-refractivity contribution in [2.24, 2.45) is 0 Å². The number of amides is 1. The predicted molar refractivity (Wildman–Crippen MR) is 106 cm³/mol. The highest BCUT2D eigenvalue weighted by atomic mass is 32.1. The Labute approximate surface area is 165 Å². The third kappa shape index (κ3) is 3.45. The molecule has 1 aliphatic rings. The van der Waals surface area contributed by atoms with Crippen molar-refractivity contribution in [3.05, 3.63) is 34.8 Å². The zero-order valence-corrected chi connectivity index (χ0v) is 16.4. The van der Waals surface area contributed by atoms with Crippen molar-refractivity contribution in [2.75, 3.05) is 23.4 Å². The van der Waals surface area contributed by atoms with Gasteiger partial charge in [0.2, 0.25) is 5.91 Å². The molecule has 0 aliphatic carbocycles. The summed E-state index contributed by atoms with van der Waals surface area (Å²) >= 11 is 1.12. The normalized spacial score (nSPS) is 16.5. The molecule has 1 saturated heterocycles. The van der Waals surface area contributed by atoms with Crippen LogP contribution >= 0.6 is 11.3 Å². The fourth-order valence-corrected chi connectivity index (χ4v) is 4.14. The van der Waals surface area contributed by atoms with Crippen LogP contribution in [0.25, 0.3) is 11.1 Å². The van der Waals surface area contributed by atoms with Gasteiger partial charge in [-0.1, -0.05) is 23.5 Å². The standard InChI is InChI=1S/C19H20N4O4S/c1-3-26-17(25)15-11(2)20-18(28-15)22-16(24)13-8-6-10-23(13)19-21-12-7-4-5-9-14(12)27-19/h4-5,7,9,13H,3,6,8,10H2,1-2H3,(H,20,22,24). The first-order valence-electron chi connectivity index (χ1n) is 9.14. The number of oxazole rings is 1. The number of esters is 1. The molecule has 3 heterocycles. The van der Waals surface area contributed by atoms with Crippen molar-refractivity contribution in [1.29, 1.82) is 0 Å². The summed E-state index contributed by atoms with van der Waals surface area (Å²) < 4.78 is 10.8. The van der Waals surface area contributed by atoms with Gasteiger partial charge in [0.25, 0.3) is 6.01 Å². The van der Waals surface area contributed by atoms with Gasteiger partial charge < -0.3 is 19.4 Å². The highest BCUT2D eigenvalue weighted by Gasteiger charge is 2.34. The molecule has 3 aromatic rings. The Hall–Kier alpha value is -2.94. The number of fused-ring (bicyclic) bond motifs is 1. The Bertz CT molecular complexity index is 995. The fourth-order valence-electron chi connectivity index (χ4n) is 3.28. The van der Waals surface area contributed by atoms with Crippen LogP contribution in [0.3, 0.4) is 0 Å². The van der Waals surface area contributed by atoms with Gasteiger partial charge in [-0.3, -0.25) is 4.79 Å². The Morgan fingerprint density at radius 3 is 2.96 bits per heavy atom. The quantitative estimate of drug-likeness (QED) is 0.656. The van der Waals surface area contributed by atoms with E-state index in [0.29, 0.717) is 46.9 Å². The summed E-state index contributed by atoms with van der Waals surface area (Å²) in [6, 6.07) is 7.56. The lowest BCUT2D eigenvalue weighted by atomic mass is 10.2. The second-order valence-electron chi connectivity index (χ2n) is 6.46. The number of nitrogens with zero attached hydrogens (tertiary/aromatic N) is 3. The third-order valence-electron chi connectivity index (χ3n) is 4.57. The lowest BCUT2D eigenvalue weighted by Crippen LogP contribution is -2.39. The Morgan fingerprint density at radius 2 is 2.18 bits per heavy atom. The van der Waals surface area contributed by atoms with Crippen molar-refractivity contribution in [3.8, 4) is 0 Å². The van der Waals surface area contributed by atoms with E-state index in [0.717, 1.165) is 23.3 Å². The minimum Gasteiger partial charge on any atom is -0.462 e. The van der Waals surface area contributed by atoms with E-state index in [2.05, 4.69) is 15.3 Å². The molecule has 0 spiro atoms. The van der Waals surface area contributed by atoms with E-state index in [4.69, 9.17) is 9.15 Å². The largest absolute Gasteiger partial charge is 0.462 e. The molecule has 1 amide bonds. The molecule has 1 fully saturated rings. The molecule has 1 atom stereocenters. The Balaban J connectivity index is 1.51. The van der Waals surface area contributed by atoms with Gasteiger partial charge in [-0.2, -0.15) is 4.98 Å². The topological polar surface area (TPSA) is 97.6 Å². The van der Waals surface area contributed by atoms with Crippen LogP contribution < -0.4 is 10.2 Å². The van der Waals surface area contributed by atoms with E-state index in [-0.39, 0.29) is 5.91 Å². The van der Waals surface area contributed by atoms with Crippen LogP contribution in [-0.2, 0) is 9.53 Å². The van der Waals surface area contributed by atoms with Gasteiger partial charge in [-0.25, -0.2) is 9.78 Å². The monoisotopic (exact) mass is 400 g/mol. The number of rotatable bonds is 5. The first kappa shape index (κ1) is 18.4. The zero-order valence-electron chi connectivity index (χ0n) is 15.6. The summed E-state index contributed by atoms with van der Waals surface area (Å²) in [6.45, 7) is 4.45. The molecule has 1 unspecified atom stereocenters. The molecule has 28 heavy (non-hydrogen) atoms. The van der Waals surface area contributed by atoms with Gasteiger partial charge in [0.15, 0.2) is 10.7 Å². The number of para-hydroxylation sites is 2. The number of aryl methyl sites for hydroxylation is 1. The number of hydrogen-bond acceptors (Lipinski definition) is 8. The number of benzene rings is 1. The average Bonchev–Trinajstić information content (AvgIpc) is 3.39. The van der Waals surface area contributed by atoms with Gasteiger partial charge in [0, 0.05) is 6.54 Å². The van der Waals surface area contributed by atoms with Crippen molar-refractivity contribution in [3.63, 3.8) is 0 Å². The molecule has 0 radical (unpaired) electrons. The average molecular weight is 400 g/mol. The van der Waals surface area contributed by atoms with Crippen molar-refractivity contribution < 1.29 is 18.7 Å². The molecule has 2 aromatic heterocycles. The van der Waals surface area contributed by atoms with Crippen LogP contribution in [0.5, 0.6) is 0 Å². The highest BCUT2D eigenvalue weighted by Crippen LogP contribution is 2.30. The number of nitrogens with one attached hydrogen (secondary N) is 1. The molecule has 8 nitrogen and oxygen atoms in total. The van der Waals surface area contributed by atoms with Crippen LogP contribution in [0.1, 0.15) is 35.1 Å². The number of carbonyl (C=O) groups is 2. The first-order chi connectivity index (χ1) is 13.6. The minimum atomic E-state index is -0.424. The summed E-state index contributed by atoms with van der Waals surface area (Å²) in [5, 5.41) is 3.21. The van der Waals surface area contributed by atoms with E-state index in [1.165, 1.54) is 0 Å². The highest BCUT2D eigenvalue weighted by molar-refractivity contribution is 7.17. The number of anilines is 2. The lowest BCUT2D eigenvalue weighted by Gasteiger charge is -2.21. The molecule has 1 N–H and O–H groups in total. The van der Waals surface area contributed by atoms with Crippen molar-refractivity contribution >= 4 is 45.5 Å². The predicted octanol–water partition coefficient (Wildman–Crippen LogP) is 3.38. The number of carbonyl (C=O) groups excluding carboxylic acids is 2.